The maximum absolute atomic E-state index is 12.1. The Labute approximate surface area is 145 Å². The van der Waals surface area contributed by atoms with E-state index in [1.165, 1.54) is 0 Å². The zero-order valence-electron chi connectivity index (χ0n) is 13.2. The molecular weight excluding hydrogens is 328 g/mol. The third-order valence-corrected chi connectivity index (χ3v) is 4.16. The summed E-state index contributed by atoms with van der Waals surface area (Å²) in [6.07, 6.45) is -0.805. The fourth-order valence-electron chi connectivity index (χ4n) is 2.51. The van der Waals surface area contributed by atoms with Gasteiger partial charge in [0.2, 0.25) is 0 Å². The van der Waals surface area contributed by atoms with Crippen LogP contribution in [0.25, 0.3) is 0 Å². The van der Waals surface area contributed by atoms with Crippen LogP contribution in [0, 0.1) is 6.92 Å². The maximum atomic E-state index is 12.1. The van der Waals surface area contributed by atoms with Crippen molar-refractivity contribution in [2.75, 3.05) is 18.0 Å². The molecule has 2 aromatic rings. The first-order chi connectivity index (χ1) is 11.5. The Hall–Kier alpha value is -2.53. The summed E-state index contributed by atoms with van der Waals surface area (Å²) in [5.74, 6) is -0.287. The molecule has 0 radical (unpaired) electrons. The normalized spacial score (nSPS) is 16.8. The van der Waals surface area contributed by atoms with Crippen molar-refractivity contribution in [3.63, 3.8) is 0 Å². The smallest absolute Gasteiger partial charge is 0.414 e. The molecule has 0 saturated carbocycles. The second-order valence-electron chi connectivity index (χ2n) is 5.64. The number of nitrogens with one attached hydrogen (secondary N) is 1. The molecule has 1 N–H and O–H groups in total. The second-order valence-corrected chi connectivity index (χ2v) is 6.05. The summed E-state index contributed by atoms with van der Waals surface area (Å²) in [5, 5.41) is 3.14. The molecule has 5 nitrogen and oxygen atoms in total. The van der Waals surface area contributed by atoms with Gasteiger partial charge in [-0.3, -0.25) is 9.69 Å². The van der Waals surface area contributed by atoms with E-state index in [1.807, 2.05) is 31.2 Å². The fraction of sp³-hybridized carbons (Fsp3) is 0.222. The molecule has 3 rings (SSSR count). The van der Waals surface area contributed by atoms with E-state index in [-0.39, 0.29) is 12.5 Å². The van der Waals surface area contributed by atoms with Crippen LogP contribution in [0.2, 0.25) is 5.02 Å². The van der Waals surface area contributed by atoms with E-state index in [4.69, 9.17) is 16.3 Å². The number of anilines is 1. The van der Waals surface area contributed by atoms with E-state index in [9.17, 15) is 9.59 Å². The van der Waals surface area contributed by atoms with Gasteiger partial charge >= 0.3 is 6.09 Å². The molecule has 24 heavy (non-hydrogen) atoms. The lowest BCUT2D eigenvalue weighted by molar-refractivity contribution is 0.0916. The minimum atomic E-state index is -0.407. The number of benzene rings is 2. The molecule has 124 valence electrons. The van der Waals surface area contributed by atoms with E-state index in [0.717, 1.165) is 11.3 Å². The Morgan fingerprint density at radius 3 is 2.67 bits per heavy atom. The molecular formula is C18H17ClN2O3. The largest absolute Gasteiger partial charge is 0.442 e. The highest BCUT2D eigenvalue weighted by molar-refractivity contribution is 6.33. The molecule has 1 unspecified atom stereocenters. The Bertz CT molecular complexity index is 761. The lowest BCUT2D eigenvalue weighted by Gasteiger charge is -2.13. The van der Waals surface area contributed by atoms with Crippen LogP contribution in [0.1, 0.15) is 15.9 Å². The number of amides is 2. The Morgan fingerprint density at radius 1 is 1.25 bits per heavy atom. The predicted molar refractivity (Wildman–Crippen MR) is 92.6 cm³/mol. The number of nitrogens with zero attached hydrogens (tertiary/aromatic N) is 1. The standard InChI is InChI=1S/C18H17ClN2O3/c1-12-6-8-13(9-7-12)21-11-14(24-18(21)23)10-20-17(22)15-4-2-3-5-16(15)19/h2-9,14H,10-11H2,1H3,(H,20,22). The first-order valence-electron chi connectivity index (χ1n) is 7.62. The first kappa shape index (κ1) is 16.3. The van der Waals surface area contributed by atoms with Crippen molar-refractivity contribution in [2.45, 2.75) is 13.0 Å². The second kappa shape index (κ2) is 6.93. The van der Waals surface area contributed by atoms with Gasteiger partial charge in [-0.25, -0.2) is 4.79 Å². The highest BCUT2D eigenvalue weighted by Gasteiger charge is 2.32. The van der Waals surface area contributed by atoms with E-state index in [0.29, 0.717) is 17.1 Å². The summed E-state index contributed by atoms with van der Waals surface area (Å²) in [4.78, 5) is 25.7. The van der Waals surface area contributed by atoms with Gasteiger partial charge in [0, 0.05) is 5.69 Å². The Morgan fingerprint density at radius 2 is 1.96 bits per heavy atom. The van der Waals surface area contributed by atoms with Gasteiger partial charge in [0.1, 0.15) is 6.10 Å². The minimum absolute atomic E-state index is 0.234. The molecule has 1 aliphatic heterocycles. The zero-order chi connectivity index (χ0) is 17.1. The van der Waals surface area contributed by atoms with Gasteiger partial charge in [-0.2, -0.15) is 0 Å². The van der Waals surface area contributed by atoms with Crippen molar-refractivity contribution in [3.8, 4) is 0 Å². The number of rotatable bonds is 4. The third-order valence-electron chi connectivity index (χ3n) is 3.83. The summed E-state index contributed by atoms with van der Waals surface area (Å²) in [6.45, 7) is 2.61. The van der Waals surface area contributed by atoms with Gasteiger partial charge in [0.25, 0.3) is 5.91 Å². The van der Waals surface area contributed by atoms with Crippen molar-refractivity contribution in [2.24, 2.45) is 0 Å². The molecule has 0 aliphatic carbocycles. The number of aryl methyl sites for hydroxylation is 1. The molecule has 0 spiro atoms. The first-order valence-corrected chi connectivity index (χ1v) is 8.00. The molecule has 0 bridgehead atoms. The Kier molecular flexibility index (Phi) is 4.71. The van der Waals surface area contributed by atoms with E-state index in [2.05, 4.69) is 5.32 Å². The van der Waals surface area contributed by atoms with Gasteiger partial charge < -0.3 is 10.1 Å². The van der Waals surface area contributed by atoms with Crippen LogP contribution < -0.4 is 10.2 Å². The van der Waals surface area contributed by atoms with Crippen molar-refractivity contribution in [3.05, 3.63) is 64.7 Å². The van der Waals surface area contributed by atoms with Crippen LogP contribution in [0.4, 0.5) is 10.5 Å². The molecule has 1 aliphatic rings. The van der Waals surface area contributed by atoms with Gasteiger partial charge in [0.15, 0.2) is 0 Å². The van der Waals surface area contributed by atoms with Crippen LogP contribution >= 0.6 is 11.6 Å². The zero-order valence-corrected chi connectivity index (χ0v) is 13.9. The summed E-state index contributed by atoms with van der Waals surface area (Å²) in [7, 11) is 0. The highest BCUT2D eigenvalue weighted by Crippen LogP contribution is 2.22. The Balaban J connectivity index is 1.59. The quantitative estimate of drug-likeness (QED) is 0.924. The fourth-order valence-corrected chi connectivity index (χ4v) is 2.73. The van der Waals surface area contributed by atoms with Crippen LogP contribution in [0.3, 0.4) is 0 Å². The van der Waals surface area contributed by atoms with E-state index < -0.39 is 12.2 Å². The predicted octanol–water partition coefficient (Wildman–Crippen LogP) is 3.40. The highest BCUT2D eigenvalue weighted by atomic mass is 35.5. The molecule has 2 aromatic carbocycles. The summed E-state index contributed by atoms with van der Waals surface area (Å²) >= 11 is 6.00. The minimum Gasteiger partial charge on any atom is -0.442 e. The van der Waals surface area contributed by atoms with Gasteiger partial charge in [-0.15, -0.1) is 0 Å². The number of carbonyl (C=O) groups is 2. The summed E-state index contributed by atoms with van der Waals surface area (Å²) in [5.41, 5.74) is 2.30. The number of cyclic esters (lactones) is 1. The topological polar surface area (TPSA) is 58.6 Å². The SMILES string of the molecule is Cc1ccc(N2CC(CNC(=O)c3ccccc3Cl)OC2=O)cc1. The van der Waals surface area contributed by atoms with E-state index in [1.54, 1.807) is 29.2 Å². The number of halogens is 1. The molecule has 0 aromatic heterocycles. The third kappa shape index (κ3) is 3.51. The molecule has 6 heteroatoms. The van der Waals surface area contributed by atoms with Crippen LogP contribution in [-0.2, 0) is 4.74 Å². The number of hydrogen-bond acceptors (Lipinski definition) is 3. The van der Waals surface area contributed by atoms with Crippen LogP contribution in [0.5, 0.6) is 0 Å². The van der Waals surface area contributed by atoms with Crippen LogP contribution in [-0.4, -0.2) is 31.2 Å². The summed E-state index contributed by atoms with van der Waals surface area (Å²) < 4.78 is 5.31. The van der Waals surface area contributed by atoms with E-state index >= 15 is 0 Å². The van der Waals surface area contributed by atoms with Crippen molar-refractivity contribution in [1.82, 2.24) is 5.32 Å². The van der Waals surface area contributed by atoms with Crippen LogP contribution in [0.15, 0.2) is 48.5 Å². The molecule has 1 atom stereocenters. The van der Waals surface area contributed by atoms with Crippen molar-refractivity contribution >= 4 is 29.3 Å². The van der Waals surface area contributed by atoms with Crippen molar-refractivity contribution < 1.29 is 14.3 Å². The monoisotopic (exact) mass is 344 g/mol. The maximum Gasteiger partial charge on any atom is 0.414 e. The number of carbonyl (C=O) groups excluding carboxylic acids is 2. The molecule has 1 fully saturated rings. The van der Waals surface area contributed by atoms with Gasteiger partial charge in [-0.05, 0) is 31.2 Å². The average Bonchev–Trinajstić information content (AvgIpc) is 2.95. The number of ether oxygens (including phenoxy) is 1. The molecule has 2 amide bonds. The van der Waals surface area contributed by atoms with Gasteiger partial charge in [0.05, 0.1) is 23.7 Å². The molecule has 1 heterocycles. The lowest BCUT2D eigenvalue weighted by Crippen LogP contribution is -2.34. The lowest BCUT2D eigenvalue weighted by atomic mass is 10.2. The average molecular weight is 345 g/mol. The number of hydrogen-bond donors (Lipinski definition) is 1. The molecule has 1 saturated heterocycles. The summed E-state index contributed by atoms with van der Waals surface area (Å²) in [6, 6.07) is 14.4. The van der Waals surface area contributed by atoms with Gasteiger partial charge in [-0.1, -0.05) is 41.4 Å². The van der Waals surface area contributed by atoms with Crippen molar-refractivity contribution in [1.29, 1.82) is 0 Å².